The molecule has 0 fully saturated rings. The smallest absolute Gasteiger partial charge is 0.266 e. The first kappa shape index (κ1) is 21.9. The summed E-state index contributed by atoms with van der Waals surface area (Å²) >= 11 is 1.53. The van der Waals surface area contributed by atoms with Crippen molar-refractivity contribution < 1.29 is 13.2 Å². The van der Waals surface area contributed by atoms with E-state index in [-0.39, 0.29) is 22.9 Å². The van der Waals surface area contributed by atoms with E-state index >= 15 is 0 Å². The molecule has 3 N–H and O–H groups in total. The third-order valence-corrected chi connectivity index (χ3v) is 6.32. The highest BCUT2D eigenvalue weighted by atomic mass is 32.2. The minimum atomic E-state index is -3.72. The third kappa shape index (κ3) is 5.62. The molecule has 0 aliphatic rings. The van der Waals surface area contributed by atoms with Crippen LogP contribution < -0.4 is 16.0 Å². The van der Waals surface area contributed by atoms with Gasteiger partial charge in [-0.1, -0.05) is 25.1 Å². The number of benzene rings is 1. The summed E-state index contributed by atoms with van der Waals surface area (Å²) in [5, 5.41) is 14.2. The number of primary sulfonamides is 1. The average molecular weight is 447 g/mol. The predicted molar refractivity (Wildman–Crippen MR) is 116 cm³/mol. The number of rotatable bonds is 8. The van der Waals surface area contributed by atoms with Gasteiger partial charge in [-0.05, 0) is 41.6 Å². The van der Waals surface area contributed by atoms with Gasteiger partial charge in [0.1, 0.15) is 5.69 Å². The molecule has 10 heteroatoms. The summed E-state index contributed by atoms with van der Waals surface area (Å²) in [4.78, 5) is 25.5. The van der Waals surface area contributed by atoms with Crippen LogP contribution in [0.3, 0.4) is 0 Å². The lowest BCUT2D eigenvalue weighted by Gasteiger charge is -2.14. The number of hydrogen-bond donors (Lipinski definition) is 2. The van der Waals surface area contributed by atoms with Gasteiger partial charge in [0.15, 0.2) is 0 Å². The molecule has 2 aromatic heterocycles. The number of hydrogen-bond acceptors (Lipinski definition) is 6. The standard InChI is InChI=1S/C20H22N4O4S2/c1-14(13-24-19(25)9-8-17(23-24)18-3-2-12-29-18)20(26)22-11-10-15-4-6-16(7-5-15)30(21,27)28/h2-9,12,14H,10-11,13H2,1H3,(H,22,26)(H2,21,27,28)/t14-/m0/s1. The fraction of sp³-hybridized carbons (Fsp3) is 0.250. The van der Waals surface area contributed by atoms with Crippen molar-refractivity contribution in [2.24, 2.45) is 11.1 Å². The SMILES string of the molecule is C[C@@H](Cn1nc(-c2cccs2)ccc1=O)C(=O)NCCc1ccc(S(N)(=O)=O)cc1. The molecule has 3 rings (SSSR count). The maximum absolute atomic E-state index is 12.4. The van der Waals surface area contributed by atoms with Crippen LogP contribution in [-0.4, -0.2) is 30.7 Å². The first-order valence-electron chi connectivity index (χ1n) is 9.25. The van der Waals surface area contributed by atoms with Crippen LogP contribution in [0, 0.1) is 5.92 Å². The quantitative estimate of drug-likeness (QED) is 0.544. The minimum absolute atomic E-state index is 0.0478. The Morgan fingerprint density at radius 2 is 1.93 bits per heavy atom. The summed E-state index contributed by atoms with van der Waals surface area (Å²) in [7, 11) is -3.72. The molecular weight excluding hydrogens is 424 g/mol. The number of aromatic nitrogens is 2. The largest absolute Gasteiger partial charge is 0.355 e. The van der Waals surface area contributed by atoms with Crippen LogP contribution in [0.15, 0.2) is 63.6 Å². The molecule has 0 unspecified atom stereocenters. The Bertz CT molecular complexity index is 1170. The number of carbonyl (C=O) groups excluding carboxylic acids is 1. The van der Waals surface area contributed by atoms with Crippen LogP contribution in [-0.2, 0) is 27.8 Å². The maximum Gasteiger partial charge on any atom is 0.266 e. The summed E-state index contributed by atoms with van der Waals surface area (Å²) in [5.41, 5.74) is 1.31. The second kappa shape index (κ2) is 9.33. The van der Waals surface area contributed by atoms with Gasteiger partial charge >= 0.3 is 0 Å². The van der Waals surface area contributed by atoms with E-state index in [2.05, 4.69) is 10.4 Å². The first-order chi connectivity index (χ1) is 14.2. The average Bonchev–Trinajstić information content (AvgIpc) is 3.24. The normalized spacial score (nSPS) is 12.5. The summed E-state index contributed by atoms with van der Waals surface area (Å²) in [6, 6.07) is 13.2. The Labute approximate surface area is 178 Å². The van der Waals surface area contributed by atoms with Gasteiger partial charge in [-0.15, -0.1) is 11.3 Å². The highest BCUT2D eigenvalue weighted by molar-refractivity contribution is 7.89. The number of nitrogens with one attached hydrogen (secondary N) is 1. The van der Waals surface area contributed by atoms with Gasteiger partial charge < -0.3 is 5.32 Å². The van der Waals surface area contributed by atoms with Gasteiger partial charge in [0.05, 0.1) is 22.2 Å². The molecule has 0 spiro atoms. The van der Waals surface area contributed by atoms with Crippen LogP contribution in [0.1, 0.15) is 12.5 Å². The van der Waals surface area contributed by atoms with Gasteiger partial charge in [-0.3, -0.25) is 9.59 Å². The zero-order valence-corrected chi connectivity index (χ0v) is 17.9. The molecule has 0 aliphatic carbocycles. The van der Waals surface area contributed by atoms with Crippen LogP contribution in [0.4, 0.5) is 0 Å². The third-order valence-electron chi connectivity index (χ3n) is 4.50. The Morgan fingerprint density at radius 1 is 1.20 bits per heavy atom. The monoisotopic (exact) mass is 446 g/mol. The van der Waals surface area contributed by atoms with E-state index < -0.39 is 15.9 Å². The molecule has 0 bridgehead atoms. The van der Waals surface area contributed by atoms with Crippen molar-refractivity contribution >= 4 is 27.3 Å². The molecule has 158 valence electrons. The van der Waals surface area contributed by atoms with Crippen molar-refractivity contribution in [3.8, 4) is 10.6 Å². The molecule has 8 nitrogen and oxygen atoms in total. The van der Waals surface area contributed by atoms with Gasteiger partial charge in [-0.2, -0.15) is 5.10 Å². The Balaban J connectivity index is 1.55. The lowest BCUT2D eigenvalue weighted by atomic mass is 10.1. The molecule has 1 aromatic carbocycles. The highest BCUT2D eigenvalue weighted by Crippen LogP contribution is 2.21. The van der Waals surface area contributed by atoms with E-state index in [4.69, 9.17) is 5.14 Å². The lowest BCUT2D eigenvalue weighted by Crippen LogP contribution is -2.35. The summed E-state index contributed by atoms with van der Waals surface area (Å²) in [6.45, 7) is 2.30. The zero-order valence-electron chi connectivity index (χ0n) is 16.3. The fourth-order valence-electron chi connectivity index (χ4n) is 2.83. The Morgan fingerprint density at radius 3 is 2.57 bits per heavy atom. The lowest BCUT2D eigenvalue weighted by molar-refractivity contribution is -0.124. The van der Waals surface area contributed by atoms with Gasteiger partial charge in [0.2, 0.25) is 15.9 Å². The van der Waals surface area contributed by atoms with Gasteiger partial charge in [0.25, 0.3) is 5.56 Å². The zero-order chi connectivity index (χ0) is 21.7. The number of sulfonamides is 1. The topological polar surface area (TPSA) is 124 Å². The molecule has 0 aliphatic heterocycles. The van der Waals surface area contributed by atoms with E-state index in [1.807, 2.05) is 17.5 Å². The summed E-state index contributed by atoms with van der Waals surface area (Å²) < 4.78 is 23.9. The van der Waals surface area contributed by atoms with Crippen molar-refractivity contribution in [1.82, 2.24) is 15.1 Å². The van der Waals surface area contributed by atoms with E-state index in [1.165, 1.54) is 34.2 Å². The maximum atomic E-state index is 12.4. The van der Waals surface area contributed by atoms with Crippen LogP contribution in [0.5, 0.6) is 0 Å². The second-order valence-electron chi connectivity index (χ2n) is 6.85. The van der Waals surface area contributed by atoms with Crippen molar-refractivity contribution in [1.29, 1.82) is 0 Å². The van der Waals surface area contributed by atoms with Crippen LogP contribution >= 0.6 is 11.3 Å². The van der Waals surface area contributed by atoms with Crippen molar-refractivity contribution in [2.75, 3.05) is 6.54 Å². The predicted octanol–water partition coefficient (Wildman–Crippen LogP) is 1.61. The van der Waals surface area contributed by atoms with E-state index in [1.54, 1.807) is 25.1 Å². The van der Waals surface area contributed by atoms with Gasteiger partial charge in [-0.25, -0.2) is 18.2 Å². The van der Waals surface area contributed by atoms with E-state index in [0.717, 1.165) is 10.4 Å². The van der Waals surface area contributed by atoms with Crippen molar-refractivity contribution in [3.63, 3.8) is 0 Å². The Hall–Kier alpha value is -2.82. The van der Waals surface area contributed by atoms with Crippen molar-refractivity contribution in [3.05, 3.63) is 69.8 Å². The molecule has 0 radical (unpaired) electrons. The van der Waals surface area contributed by atoms with Gasteiger partial charge in [0, 0.05) is 12.6 Å². The van der Waals surface area contributed by atoms with Crippen molar-refractivity contribution in [2.45, 2.75) is 24.8 Å². The molecule has 3 aromatic rings. The van der Waals surface area contributed by atoms with E-state index in [9.17, 15) is 18.0 Å². The van der Waals surface area contributed by atoms with E-state index in [0.29, 0.717) is 18.7 Å². The second-order valence-corrected chi connectivity index (χ2v) is 9.36. The number of thiophene rings is 1. The molecule has 1 amide bonds. The molecular formula is C20H22N4O4S2. The molecule has 1 atom stereocenters. The highest BCUT2D eigenvalue weighted by Gasteiger charge is 2.15. The fourth-order valence-corrected chi connectivity index (χ4v) is 4.03. The summed E-state index contributed by atoms with van der Waals surface area (Å²) in [6.07, 6.45) is 0.537. The minimum Gasteiger partial charge on any atom is -0.355 e. The molecule has 0 saturated carbocycles. The molecule has 30 heavy (non-hydrogen) atoms. The number of nitrogens with two attached hydrogens (primary N) is 1. The number of amides is 1. The van der Waals surface area contributed by atoms with Crippen LogP contribution in [0.25, 0.3) is 10.6 Å². The van der Waals surface area contributed by atoms with Crippen LogP contribution in [0.2, 0.25) is 0 Å². The first-order valence-corrected chi connectivity index (χ1v) is 11.7. The summed E-state index contributed by atoms with van der Waals surface area (Å²) in [5.74, 6) is -0.634. The number of carbonyl (C=O) groups is 1. The Kier molecular flexibility index (Phi) is 6.80. The number of nitrogens with zero attached hydrogens (tertiary/aromatic N) is 2. The molecule has 2 heterocycles. The molecule has 0 saturated heterocycles.